The molecule has 0 unspecified atom stereocenters. The topological polar surface area (TPSA) is 35.5 Å². The molecular weight excluding hydrogens is 192 g/mol. The van der Waals surface area contributed by atoms with Crippen molar-refractivity contribution in [2.24, 2.45) is 0 Å². The highest BCUT2D eigenvalue weighted by Gasteiger charge is 1.93. The summed E-state index contributed by atoms with van der Waals surface area (Å²) in [4.78, 5) is 11.0. The molecule has 0 spiro atoms. The highest BCUT2D eigenvalue weighted by atomic mass is 16.5. The van der Waals surface area contributed by atoms with Gasteiger partial charge in [0.05, 0.1) is 26.1 Å². The third kappa shape index (κ3) is 10.2. The van der Waals surface area contributed by atoms with Crippen molar-refractivity contribution in [1.82, 2.24) is 0 Å². The third-order valence-corrected chi connectivity index (χ3v) is 1.41. The van der Waals surface area contributed by atoms with Crippen molar-refractivity contribution in [3.63, 3.8) is 0 Å². The van der Waals surface area contributed by atoms with Crippen LogP contribution in [0.2, 0.25) is 0 Å². The van der Waals surface area contributed by atoms with E-state index in [0.717, 1.165) is 12.8 Å². The first-order valence-electron chi connectivity index (χ1n) is 4.83. The zero-order valence-electron chi connectivity index (χ0n) is 9.16. The average Bonchev–Trinajstić information content (AvgIpc) is 2.23. The summed E-state index contributed by atoms with van der Waals surface area (Å²) < 4.78 is 9.51. The molecule has 0 aliphatic heterocycles. The number of carbonyl (C=O) groups is 1. The number of hydrogen-bond donors (Lipinski definition) is 0. The van der Waals surface area contributed by atoms with Crippen molar-refractivity contribution in [1.29, 1.82) is 0 Å². The van der Waals surface area contributed by atoms with Crippen LogP contribution in [0.3, 0.4) is 0 Å². The van der Waals surface area contributed by atoms with Gasteiger partial charge in [-0.15, -0.1) is 0 Å². The Morgan fingerprint density at radius 2 is 2.20 bits per heavy atom. The largest absolute Gasteiger partial charge is 0.504 e. The Morgan fingerprint density at radius 3 is 2.87 bits per heavy atom. The number of ether oxygens (including phenoxy) is 2. The normalized spacial score (nSPS) is 8.93. The number of unbranched alkanes of at least 4 members (excludes halogenated alkanes) is 1. The Kier molecular flexibility index (Phi) is 9.22. The summed E-state index contributed by atoms with van der Waals surface area (Å²) in [6.45, 7) is 2.50. The number of methoxy groups -OCH3 is 1. The lowest BCUT2D eigenvalue weighted by Crippen LogP contribution is -2.00. The van der Waals surface area contributed by atoms with Gasteiger partial charge in [0.25, 0.3) is 0 Å². The van der Waals surface area contributed by atoms with Gasteiger partial charge in [-0.2, -0.15) is 0 Å². The predicted molar refractivity (Wildman–Crippen MR) is 58.2 cm³/mol. The van der Waals surface area contributed by atoms with Gasteiger partial charge in [0.15, 0.2) is 0 Å². The number of carbonyl (C=O) groups excluding carboxylic acids is 1. The van der Waals surface area contributed by atoms with Crippen LogP contribution in [0.5, 0.6) is 0 Å². The first-order valence-corrected chi connectivity index (χ1v) is 4.83. The van der Waals surface area contributed by atoms with Crippen molar-refractivity contribution >= 4 is 5.97 Å². The maximum absolute atomic E-state index is 11.0. The van der Waals surface area contributed by atoms with E-state index in [9.17, 15) is 4.79 Å². The van der Waals surface area contributed by atoms with Gasteiger partial charge in [0.2, 0.25) is 0 Å². The number of esters is 1. The quantitative estimate of drug-likeness (QED) is 0.168. The molecule has 0 heterocycles. The van der Waals surface area contributed by atoms with E-state index in [1.807, 2.05) is 6.92 Å². The standard InChI is InChI=1S/C12H16O3/c1-3-4-11-15-12(13)9-7-5-6-8-10-14-2/h6,8-10H,3-4,11H2,1-2H3/b9-6?,10-8+. The molecule has 0 atom stereocenters. The molecule has 0 amide bonds. The Labute approximate surface area is 90.4 Å². The molecule has 82 valence electrons. The molecule has 15 heavy (non-hydrogen) atoms. The summed E-state index contributed by atoms with van der Waals surface area (Å²) in [5.74, 6) is -0.389. The molecule has 0 aliphatic carbocycles. The number of rotatable bonds is 6. The van der Waals surface area contributed by atoms with Gasteiger partial charge in [0.1, 0.15) is 0 Å². The summed E-state index contributed by atoms with van der Waals surface area (Å²) in [5.41, 5.74) is 5.20. The summed E-state index contributed by atoms with van der Waals surface area (Å²) in [6.07, 6.45) is 7.83. The zero-order valence-corrected chi connectivity index (χ0v) is 9.16. The molecule has 3 heteroatoms. The van der Waals surface area contributed by atoms with Crippen LogP contribution in [0.1, 0.15) is 19.8 Å². The molecule has 3 nitrogen and oxygen atoms in total. The minimum atomic E-state index is -0.389. The lowest BCUT2D eigenvalue weighted by molar-refractivity contribution is -0.137. The maximum Gasteiger partial charge on any atom is 0.339 e. The van der Waals surface area contributed by atoms with E-state index in [-0.39, 0.29) is 5.97 Å². The van der Waals surface area contributed by atoms with Crippen LogP contribution in [0.25, 0.3) is 0 Å². The van der Waals surface area contributed by atoms with Gasteiger partial charge < -0.3 is 9.47 Å². The fourth-order valence-electron chi connectivity index (χ4n) is 0.673. The van der Waals surface area contributed by atoms with Gasteiger partial charge >= 0.3 is 5.97 Å². The molecule has 0 N–H and O–H groups in total. The Bertz CT molecular complexity index is 290. The SMILES string of the molecule is CCCCOC(=O)C=C=C=C/C=C/OC. The molecule has 0 radical (unpaired) electrons. The third-order valence-electron chi connectivity index (χ3n) is 1.41. The summed E-state index contributed by atoms with van der Waals surface area (Å²) >= 11 is 0. The van der Waals surface area contributed by atoms with Gasteiger partial charge in [-0.3, -0.25) is 0 Å². The first-order chi connectivity index (χ1) is 7.31. The van der Waals surface area contributed by atoms with Crippen LogP contribution in [0.15, 0.2) is 36.0 Å². The fourth-order valence-corrected chi connectivity index (χ4v) is 0.673. The molecule has 0 saturated heterocycles. The molecule has 0 aromatic rings. The van der Waals surface area contributed by atoms with Gasteiger partial charge in [0, 0.05) is 0 Å². The average molecular weight is 208 g/mol. The van der Waals surface area contributed by atoms with Crippen molar-refractivity contribution in [3.8, 4) is 0 Å². The van der Waals surface area contributed by atoms with E-state index in [2.05, 4.69) is 16.2 Å². The molecule has 0 aliphatic rings. The maximum atomic E-state index is 11.0. The smallest absolute Gasteiger partial charge is 0.339 e. The highest BCUT2D eigenvalue weighted by molar-refractivity contribution is 5.81. The van der Waals surface area contributed by atoms with Crippen molar-refractivity contribution in [2.75, 3.05) is 13.7 Å². The summed E-state index contributed by atoms with van der Waals surface area (Å²) in [5, 5.41) is 0. The first kappa shape index (κ1) is 13.3. The van der Waals surface area contributed by atoms with E-state index in [1.54, 1.807) is 19.3 Å². The van der Waals surface area contributed by atoms with Crippen LogP contribution in [-0.2, 0) is 14.3 Å². The molecule has 0 aromatic carbocycles. The molecular formula is C12H16O3. The minimum Gasteiger partial charge on any atom is -0.504 e. The lowest BCUT2D eigenvalue weighted by atomic mass is 10.4. The van der Waals surface area contributed by atoms with Crippen LogP contribution < -0.4 is 0 Å². The van der Waals surface area contributed by atoms with Gasteiger partial charge in [-0.1, -0.05) is 24.8 Å². The zero-order chi connectivity index (χ0) is 11.4. The monoisotopic (exact) mass is 208 g/mol. The summed E-state index contributed by atoms with van der Waals surface area (Å²) in [6, 6.07) is 0. The van der Waals surface area contributed by atoms with Crippen molar-refractivity contribution in [2.45, 2.75) is 19.8 Å². The predicted octanol–water partition coefficient (Wildman–Crippen LogP) is 2.36. The van der Waals surface area contributed by atoms with Crippen molar-refractivity contribution in [3.05, 3.63) is 36.0 Å². The number of allylic oxidation sites excluding steroid dienone is 2. The molecule has 0 fully saturated rings. The number of hydrogen-bond acceptors (Lipinski definition) is 3. The van der Waals surface area contributed by atoms with E-state index < -0.39 is 0 Å². The van der Waals surface area contributed by atoms with Crippen LogP contribution in [0, 0.1) is 0 Å². The molecule has 0 aromatic heterocycles. The summed E-state index contributed by atoms with van der Waals surface area (Å²) in [7, 11) is 1.55. The second-order valence-corrected chi connectivity index (χ2v) is 2.68. The van der Waals surface area contributed by atoms with Crippen LogP contribution >= 0.6 is 0 Å². The highest BCUT2D eigenvalue weighted by Crippen LogP contribution is 1.88. The van der Waals surface area contributed by atoms with Crippen molar-refractivity contribution < 1.29 is 14.3 Å². The molecule has 0 saturated carbocycles. The van der Waals surface area contributed by atoms with Crippen LogP contribution in [-0.4, -0.2) is 19.7 Å². The van der Waals surface area contributed by atoms with E-state index in [0.29, 0.717) is 6.61 Å². The molecule has 0 rings (SSSR count). The fraction of sp³-hybridized carbons (Fsp3) is 0.417. The van der Waals surface area contributed by atoms with Gasteiger partial charge in [-0.25, -0.2) is 4.79 Å². The Morgan fingerprint density at radius 1 is 1.40 bits per heavy atom. The lowest BCUT2D eigenvalue weighted by Gasteiger charge is -1.96. The van der Waals surface area contributed by atoms with E-state index in [1.165, 1.54) is 12.3 Å². The minimum absolute atomic E-state index is 0.389. The van der Waals surface area contributed by atoms with Gasteiger partial charge in [-0.05, 0) is 18.6 Å². The second kappa shape index (κ2) is 10.4. The van der Waals surface area contributed by atoms with E-state index in [4.69, 9.17) is 4.74 Å². The molecule has 0 bridgehead atoms. The Hall–Kier alpha value is -1.69. The van der Waals surface area contributed by atoms with E-state index >= 15 is 0 Å². The Balaban J connectivity index is 3.88. The second-order valence-electron chi connectivity index (χ2n) is 2.68. The van der Waals surface area contributed by atoms with Crippen LogP contribution in [0.4, 0.5) is 0 Å².